The van der Waals surface area contributed by atoms with Crippen LogP contribution in [0.5, 0.6) is 0 Å². The summed E-state index contributed by atoms with van der Waals surface area (Å²) in [6.07, 6.45) is 4.08. The van der Waals surface area contributed by atoms with E-state index in [1.165, 1.54) is 12.1 Å². The first-order valence-electron chi connectivity index (χ1n) is 8.04. The van der Waals surface area contributed by atoms with E-state index in [1.54, 1.807) is 10.9 Å². The zero-order valence-corrected chi connectivity index (χ0v) is 13.6. The Kier molecular flexibility index (Phi) is 4.51. The lowest BCUT2D eigenvalue weighted by Crippen LogP contribution is -2.42. The Morgan fingerprint density at radius 1 is 1.29 bits per heavy atom. The molecule has 5 nitrogen and oxygen atoms in total. The zero-order chi connectivity index (χ0) is 17.3. The van der Waals surface area contributed by atoms with Gasteiger partial charge in [-0.3, -0.25) is 0 Å². The molecule has 2 amide bonds. The van der Waals surface area contributed by atoms with Crippen LogP contribution in [-0.2, 0) is 6.42 Å². The molecule has 2 N–H and O–H groups in total. The lowest BCUT2D eigenvalue weighted by Gasteiger charge is -2.25. The van der Waals surface area contributed by atoms with Crippen LogP contribution in [0, 0.1) is 11.6 Å². The van der Waals surface area contributed by atoms with Crippen LogP contribution in [0.4, 0.5) is 13.6 Å². The lowest BCUT2D eigenvalue weighted by atomic mass is 9.93. The number of nitrogens with zero attached hydrogens (tertiary/aromatic N) is 2. The van der Waals surface area contributed by atoms with E-state index < -0.39 is 11.6 Å². The minimum absolute atomic E-state index is 0.0473. The van der Waals surface area contributed by atoms with Crippen LogP contribution >= 0.6 is 0 Å². The molecular formula is C17H20F2N4O. The minimum Gasteiger partial charge on any atom is -0.336 e. The van der Waals surface area contributed by atoms with E-state index in [4.69, 9.17) is 0 Å². The van der Waals surface area contributed by atoms with Gasteiger partial charge in [0.15, 0.2) is 0 Å². The first kappa shape index (κ1) is 16.4. The fourth-order valence-corrected chi connectivity index (χ4v) is 3.05. The molecule has 128 valence electrons. The molecule has 1 atom stereocenters. The Morgan fingerprint density at radius 3 is 2.67 bits per heavy atom. The standard InChI is InChI=1S/C17H20F2N4O/c1-10(2)21-17(24)22-15-4-3-5-16-14(15)9-20-23(16)13-7-11(18)6-12(19)8-13/h6-10,15H,3-5H2,1-2H3,(H2,21,22,24). The van der Waals surface area contributed by atoms with Crippen molar-refractivity contribution >= 4 is 6.03 Å². The molecule has 2 aromatic rings. The van der Waals surface area contributed by atoms with Crippen LogP contribution in [0.1, 0.15) is 44.0 Å². The highest BCUT2D eigenvalue weighted by Crippen LogP contribution is 2.31. The van der Waals surface area contributed by atoms with Gasteiger partial charge in [0, 0.05) is 23.4 Å². The van der Waals surface area contributed by atoms with E-state index in [-0.39, 0.29) is 18.1 Å². The van der Waals surface area contributed by atoms with E-state index in [2.05, 4.69) is 15.7 Å². The molecule has 0 fully saturated rings. The van der Waals surface area contributed by atoms with Crippen molar-refractivity contribution in [3.8, 4) is 5.69 Å². The molecule has 1 aliphatic carbocycles. The van der Waals surface area contributed by atoms with Gasteiger partial charge in [0.1, 0.15) is 11.6 Å². The van der Waals surface area contributed by atoms with E-state index >= 15 is 0 Å². The number of carbonyl (C=O) groups is 1. The quantitative estimate of drug-likeness (QED) is 0.905. The molecule has 3 rings (SSSR count). The van der Waals surface area contributed by atoms with Gasteiger partial charge in [0.2, 0.25) is 0 Å². The summed E-state index contributed by atoms with van der Waals surface area (Å²) in [5.41, 5.74) is 2.12. The summed E-state index contributed by atoms with van der Waals surface area (Å²) in [6.45, 7) is 3.78. The van der Waals surface area contributed by atoms with Crippen molar-refractivity contribution in [2.24, 2.45) is 0 Å². The van der Waals surface area contributed by atoms with Crippen LogP contribution in [0.3, 0.4) is 0 Å². The van der Waals surface area contributed by atoms with Gasteiger partial charge in [-0.1, -0.05) is 0 Å². The number of hydrogen-bond donors (Lipinski definition) is 2. The van der Waals surface area contributed by atoms with Crippen molar-refractivity contribution in [2.75, 3.05) is 0 Å². The van der Waals surface area contributed by atoms with Crippen molar-refractivity contribution in [3.63, 3.8) is 0 Å². The third kappa shape index (κ3) is 3.39. The summed E-state index contributed by atoms with van der Waals surface area (Å²) in [4.78, 5) is 11.9. The van der Waals surface area contributed by atoms with Crippen LogP contribution in [-0.4, -0.2) is 21.9 Å². The second-order valence-electron chi connectivity index (χ2n) is 6.30. The number of nitrogens with one attached hydrogen (secondary N) is 2. The van der Waals surface area contributed by atoms with Crippen molar-refractivity contribution in [3.05, 3.63) is 47.3 Å². The maximum atomic E-state index is 13.5. The number of rotatable bonds is 3. The van der Waals surface area contributed by atoms with Gasteiger partial charge in [-0.25, -0.2) is 18.3 Å². The van der Waals surface area contributed by atoms with Gasteiger partial charge in [0.05, 0.1) is 17.9 Å². The summed E-state index contributed by atoms with van der Waals surface area (Å²) >= 11 is 0. The van der Waals surface area contributed by atoms with E-state index in [1.807, 2.05) is 13.8 Å². The van der Waals surface area contributed by atoms with Crippen molar-refractivity contribution < 1.29 is 13.6 Å². The number of fused-ring (bicyclic) bond motifs is 1. The first-order chi connectivity index (χ1) is 11.4. The number of hydrogen-bond acceptors (Lipinski definition) is 2. The highest BCUT2D eigenvalue weighted by Gasteiger charge is 2.26. The highest BCUT2D eigenvalue weighted by molar-refractivity contribution is 5.74. The average Bonchev–Trinajstić information content (AvgIpc) is 2.90. The number of carbonyl (C=O) groups excluding carboxylic acids is 1. The van der Waals surface area contributed by atoms with Gasteiger partial charge < -0.3 is 10.6 Å². The maximum Gasteiger partial charge on any atom is 0.315 e. The number of benzene rings is 1. The molecule has 1 aromatic heterocycles. The normalized spacial score (nSPS) is 16.8. The minimum atomic E-state index is -0.643. The molecule has 0 bridgehead atoms. The summed E-state index contributed by atoms with van der Waals surface area (Å²) in [7, 11) is 0. The highest BCUT2D eigenvalue weighted by atomic mass is 19.1. The third-order valence-corrected chi connectivity index (χ3v) is 4.00. The van der Waals surface area contributed by atoms with Crippen molar-refractivity contribution in [2.45, 2.75) is 45.2 Å². The number of urea groups is 1. The van der Waals surface area contributed by atoms with E-state index in [0.29, 0.717) is 5.69 Å². The molecule has 0 aliphatic heterocycles. The molecule has 0 spiro atoms. The van der Waals surface area contributed by atoms with Crippen molar-refractivity contribution in [1.82, 2.24) is 20.4 Å². The first-order valence-corrected chi connectivity index (χ1v) is 8.04. The molecule has 0 saturated carbocycles. The Hall–Kier alpha value is -2.44. The van der Waals surface area contributed by atoms with Gasteiger partial charge in [0.25, 0.3) is 0 Å². The maximum absolute atomic E-state index is 13.5. The van der Waals surface area contributed by atoms with Crippen molar-refractivity contribution in [1.29, 1.82) is 0 Å². The molecule has 7 heteroatoms. The SMILES string of the molecule is CC(C)NC(=O)NC1CCCc2c1cnn2-c1cc(F)cc(F)c1. The number of halogens is 2. The number of aromatic nitrogens is 2. The molecule has 1 aromatic carbocycles. The van der Waals surface area contributed by atoms with Gasteiger partial charge in [-0.2, -0.15) is 5.10 Å². The monoisotopic (exact) mass is 334 g/mol. The zero-order valence-electron chi connectivity index (χ0n) is 13.6. The molecule has 0 radical (unpaired) electrons. The van der Waals surface area contributed by atoms with Crippen LogP contribution in [0.15, 0.2) is 24.4 Å². The molecular weight excluding hydrogens is 314 g/mol. The molecule has 1 aliphatic rings. The second-order valence-corrected chi connectivity index (χ2v) is 6.30. The Balaban J connectivity index is 1.88. The fourth-order valence-electron chi connectivity index (χ4n) is 3.05. The molecule has 24 heavy (non-hydrogen) atoms. The van der Waals surface area contributed by atoms with E-state index in [0.717, 1.165) is 36.6 Å². The topological polar surface area (TPSA) is 59.0 Å². The summed E-state index contributed by atoms with van der Waals surface area (Å²) in [5, 5.41) is 10.0. The molecule has 1 heterocycles. The summed E-state index contributed by atoms with van der Waals surface area (Å²) < 4.78 is 28.5. The second kappa shape index (κ2) is 6.59. The van der Waals surface area contributed by atoms with E-state index in [9.17, 15) is 13.6 Å². The summed E-state index contributed by atoms with van der Waals surface area (Å²) in [5.74, 6) is -1.29. The van der Waals surface area contributed by atoms with Gasteiger partial charge in [-0.05, 0) is 45.2 Å². The van der Waals surface area contributed by atoms with Gasteiger partial charge in [-0.15, -0.1) is 0 Å². The lowest BCUT2D eigenvalue weighted by molar-refractivity contribution is 0.233. The largest absolute Gasteiger partial charge is 0.336 e. The smallest absolute Gasteiger partial charge is 0.315 e. The Morgan fingerprint density at radius 2 is 2.00 bits per heavy atom. The van der Waals surface area contributed by atoms with Crippen LogP contribution in [0.2, 0.25) is 0 Å². The Labute approximate surface area is 139 Å². The molecule has 0 saturated heterocycles. The fraction of sp³-hybridized carbons (Fsp3) is 0.412. The molecule has 1 unspecified atom stereocenters. The van der Waals surface area contributed by atoms with Crippen LogP contribution in [0.25, 0.3) is 5.69 Å². The average molecular weight is 334 g/mol. The third-order valence-electron chi connectivity index (χ3n) is 4.00. The van der Waals surface area contributed by atoms with Crippen LogP contribution < -0.4 is 10.6 Å². The summed E-state index contributed by atoms with van der Waals surface area (Å²) in [6, 6.07) is 3.00. The Bertz CT molecular complexity index is 737. The predicted molar refractivity (Wildman–Crippen MR) is 86.0 cm³/mol. The number of amides is 2. The predicted octanol–water partition coefficient (Wildman–Crippen LogP) is 3.24. The van der Waals surface area contributed by atoms with Gasteiger partial charge >= 0.3 is 6.03 Å².